The van der Waals surface area contributed by atoms with Crippen molar-refractivity contribution in [1.29, 1.82) is 0 Å². The number of nitrogens with zero attached hydrogens (tertiary/aromatic N) is 4. The third-order valence-corrected chi connectivity index (χ3v) is 5.15. The molecule has 0 aliphatic carbocycles. The van der Waals surface area contributed by atoms with Crippen LogP contribution in [0.1, 0.15) is 25.1 Å². The largest absolute Gasteiger partial charge is 0.379 e. The monoisotopic (exact) mass is 327 g/mol. The Morgan fingerprint density at radius 1 is 1.42 bits per heavy atom. The van der Waals surface area contributed by atoms with E-state index in [9.17, 15) is 0 Å². The maximum absolute atomic E-state index is 6.29. The van der Waals surface area contributed by atoms with Gasteiger partial charge in [-0.2, -0.15) is 0 Å². The molecular weight excluding hydrogens is 302 g/mol. The van der Waals surface area contributed by atoms with Crippen LogP contribution in [0.4, 0.5) is 5.69 Å². The average Bonchev–Trinajstić information content (AvgIpc) is 3.16. The van der Waals surface area contributed by atoms with Crippen molar-refractivity contribution in [3.05, 3.63) is 42.7 Å². The summed E-state index contributed by atoms with van der Waals surface area (Å²) in [5, 5.41) is 3.56. The number of likely N-dealkylation sites (tertiary alicyclic amines) is 1. The number of rotatable bonds is 4. The fourth-order valence-corrected chi connectivity index (χ4v) is 3.98. The Kier molecular flexibility index (Phi) is 4.24. The number of hydrogen-bond donors (Lipinski definition) is 1. The number of anilines is 1. The van der Waals surface area contributed by atoms with E-state index in [1.807, 2.05) is 24.7 Å². The second-order valence-corrected chi connectivity index (χ2v) is 7.05. The first-order valence-corrected chi connectivity index (χ1v) is 8.72. The zero-order valence-electron chi connectivity index (χ0n) is 14.2. The molecule has 2 saturated heterocycles. The van der Waals surface area contributed by atoms with Gasteiger partial charge in [-0.1, -0.05) is 0 Å². The number of piperidine rings is 1. The number of ether oxygens (including phenoxy) is 1. The molecule has 6 nitrogen and oxygen atoms in total. The highest BCUT2D eigenvalue weighted by Gasteiger charge is 2.43. The maximum atomic E-state index is 6.29. The summed E-state index contributed by atoms with van der Waals surface area (Å²) in [6, 6.07) is 4.39. The van der Waals surface area contributed by atoms with Crippen LogP contribution in [0.3, 0.4) is 0 Å². The van der Waals surface area contributed by atoms with Crippen LogP contribution in [-0.2, 0) is 18.3 Å². The van der Waals surface area contributed by atoms with Crippen LogP contribution in [0.5, 0.6) is 0 Å². The lowest BCUT2D eigenvalue weighted by Crippen LogP contribution is -2.48. The van der Waals surface area contributed by atoms with E-state index in [-0.39, 0.29) is 5.60 Å². The molecule has 2 atom stereocenters. The highest BCUT2D eigenvalue weighted by molar-refractivity contribution is 5.41. The SMILES string of the molecule is Cn1ccnc1CN1CCC[C@@]2(C[C@H](Nc3cccnc3)CO2)C1. The molecule has 6 heteroatoms. The second kappa shape index (κ2) is 6.53. The van der Waals surface area contributed by atoms with Gasteiger partial charge in [-0.3, -0.25) is 9.88 Å². The molecule has 4 rings (SSSR count). The lowest BCUT2D eigenvalue weighted by molar-refractivity contribution is -0.0539. The van der Waals surface area contributed by atoms with E-state index in [2.05, 4.69) is 37.9 Å². The average molecular weight is 327 g/mol. The van der Waals surface area contributed by atoms with Crippen molar-refractivity contribution in [3.8, 4) is 0 Å². The molecule has 0 radical (unpaired) electrons. The minimum atomic E-state index is -0.0106. The van der Waals surface area contributed by atoms with Crippen molar-refractivity contribution >= 4 is 5.69 Å². The Morgan fingerprint density at radius 2 is 2.38 bits per heavy atom. The molecule has 1 N–H and O–H groups in total. The Bertz CT molecular complexity index is 673. The van der Waals surface area contributed by atoms with Gasteiger partial charge in [-0.25, -0.2) is 4.98 Å². The zero-order valence-corrected chi connectivity index (χ0v) is 14.2. The van der Waals surface area contributed by atoms with Crippen LogP contribution < -0.4 is 5.32 Å². The molecule has 24 heavy (non-hydrogen) atoms. The van der Waals surface area contributed by atoms with Crippen LogP contribution >= 0.6 is 0 Å². The third-order valence-electron chi connectivity index (χ3n) is 5.15. The maximum Gasteiger partial charge on any atom is 0.122 e. The molecule has 1 spiro atoms. The molecule has 4 heterocycles. The normalized spacial score (nSPS) is 27.6. The molecule has 2 fully saturated rings. The van der Waals surface area contributed by atoms with Gasteiger partial charge in [0.15, 0.2) is 0 Å². The summed E-state index contributed by atoms with van der Waals surface area (Å²) in [6.07, 6.45) is 10.9. The number of aryl methyl sites for hydroxylation is 1. The smallest absolute Gasteiger partial charge is 0.122 e. The first-order chi connectivity index (χ1) is 11.7. The summed E-state index contributed by atoms with van der Waals surface area (Å²) in [5.41, 5.74) is 1.06. The topological polar surface area (TPSA) is 55.2 Å². The Hall–Kier alpha value is -1.92. The molecule has 2 aromatic rings. The minimum absolute atomic E-state index is 0.0106. The van der Waals surface area contributed by atoms with E-state index >= 15 is 0 Å². The standard InChI is InChI=1S/C18H25N5O/c1-22-9-7-20-17(22)12-23-8-3-5-18(14-23)10-16(13-24-18)21-15-4-2-6-19-11-15/h2,4,6-7,9,11,16,21H,3,5,8,10,12-14H2,1H3/t16-,18+/m0/s1. The molecular formula is C18H25N5O. The van der Waals surface area contributed by atoms with E-state index in [0.29, 0.717) is 6.04 Å². The van der Waals surface area contributed by atoms with E-state index < -0.39 is 0 Å². The van der Waals surface area contributed by atoms with Gasteiger partial charge in [0.05, 0.1) is 30.5 Å². The van der Waals surface area contributed by atoms with Gasteiger partial charge < -0.3 is 14.6 Å². The number of pyridine rings is 1. The van der Waals surface area contributed by atoms with Crippen LogP contribution in [0.25, 0.3) is 0 Å². The number of nitrogens with one attached hydrogen (secondary N) is 1. The van der Waals surface area contributed by atoms with E-state index in [1.165, 1.54) is 6.42 Å². The third kappa shape index (κ3) is 3.30. The fraction of sp³-hybridized carbons (Fsp3) is 0.556. The number of aromatic nitrogens is 3. The Balaban J connectivity index is 1.38. The summed E-state index contributed by atoms with van der Waals surface area (Å²) >= 11 is 0. The molecule has 0 amide bonds. The lowest BCUT2D eigenvalue weighted by Gasteiger charge is -2.39. The highest BCUT2D eigenvalue weighted by Crippen LogP contribution is 2.36. The molecule has 0 unspecified atom stereocenters. The summed E-state index contributed by atoms with van der Waals surface area (Å²) in [5.74, 6) is 1.12. The van der Waals surface area contributed by atoms with Crippen molar-refractivity contribution in [1.82, 2.24) is 19.4 Å². The molecule has 0 aromatic carbocycles. The van der Waals surface area contributed by atoms with Crippen LogP contribution in [0, 0.1) is 0 Å². The van der Waals surface area contributed by atoms with Crippen molar-refractivity contribution in [2.24, 2.45) is 7.05 Å². The highest BCUT2D eigenvalue weighted by atomic mass is 16.5. The molecule has 2 aromatic heterocycles. The molecule has 2 aliphatic heterocycles. The van der Waals surface area contributed by atoms with E-state index in [1.54, 1.807) is 6.20 Å². The molecule has 0 bridgehead atoms. The second-order valence-electron chi connectivity index (χ2n) is 7.05. The van der Waals surface area contributed by atoms with E-state index in [0.717, 1.165) is 50.6 Å². The van der Waals surface area contributed by atoms with Crippen LogP contribution in [-0.4, -0.2) is 50.8 Å². The minimum Gasteiger partial charge on any atom is -0.379 e. The summed E-state index contributed by atoms with van der Waals surface area (Å²) in [6.45, 7) is 3.78. The van der Waals surface area contributed by atoms with E-state index in [4.69, 9.17) is 4.74 Å². The fourth-order valence-electron chi connectivity index (χ4n) is 3.98. The van der Waals surface area contributed by atoms with Crippen LogP contribution in [0.15, 0.2) is 36.9 Å². The van der Waals surface area contributed by atoms with Gasteiger partial charge in [0.25, 0.3) is 0 Å². The van der Waals surface area contributed by atoms with Gasteiger partial charge in [-0.15, -0.1) is 0 Å². The Morgan fingerprint density at radius 3 is 3.17 bits per heavy atom. The number of hydrogen-bond acceptors (Lipinski definition) is 5. The predicted octanol–water partition coefficient (Wildman–Crippen LogP) is 2.05. The quantitative estimate of drug-likeness (QED) is 0.931. The lowest BCUT2D eigenvalue weighted by atomic mass is 9.88. The summed E-state index contributed by atoms with van der Waals surface area (Å²) in [4.78, 5) is 11.1. The van der Waals surface area contributed by atoms with Gasteiger partial charge in [0.2, 0.25) is 0 Å². The molecule has 2 aliphatic rings. The first kappa shape index (κ1) is 15.6. The summed E-state index contributed by atoms with van der Waals surface area (Å²) in [7, 11) is 2.06. The predicted molar refractivity (Wildman–Crippen MR) is 92.7 cm³/mol. The zero-order chi connectivity index (χ0) is 16.4. The Labute approximate surface area is 142 Å². The van der Waals surface area contributed by atoms with Crippen molar-refractivity contribution < 1.29 is 4.74 Å². The first-order valence-electron chi connectivity index (χ1n) is 8.72. The van der Waals surface area contributed by atoms with Gasteiger partial charge in [-0.05, 0) is 37.9 Å². The van der Waals surface area contributed by atoms with Crippen molar-refractivity contribution in [2.45, 2.75) is 37.5 Å². The van der Waals surface area contributed by atoms with Crippen molar-refractivity contribution in [3.63, 3.8) is 0 Å². The molecule has 128 valence electrons. The van der Waals surface area contributed by atoms with Gasteiger partial charge >= 0.3 is 0 Å². The van der Waals surface area contributed by atoms with Crippen molar-refractivity contribution in [2.75, 3.05) is 25.0 Å². The van der Waals surface area contributed by atoms with Gasteiger partial charge in [0.1, 0.15) is 5.82 Å². The molecule has 0 saturated carbocycles. The summed E-state index contributed by atoms with van der Waals surface area (Å²) < 4.78 is 8.39. The number of imidazole rings is 1. The van der Waals surface area contributed by atoms with Gasteiger partial charge in [0, 0.05) is 38.4 Å². The van der Waals surface area contributed by atoms with Crippen LogP contribution in [0.2, 0.25) is 0 Å².